The number of esters is 1. The molecule has 0 aliphatic carbocycles. The van der Waals surface area contributed by atoms with Gasteiger partial charge < -0.3 is 29.2 Å². The number of carbonyl (C=O) groups is 1. The molecule has 4 heterocycles. The number of hydrogen-bond donors (Lipinski definition) is 2. The molecule has 0 spiro atoms. The van der Waals surface area contributed by atoms with Crippen molar-refractivity contribution in [1.82, 2.24) is 9.80 Å². The third-order valence-electron chi connectivity index (χ3n) is 10.1. The number of ether oxygens (including phenoxy) is 4. The van der Waals surface area contributed by atoms with Crippen LogP contribution in [-0.2, 0) is 22.4 Å². The third-order valence-corrected chi connectivity index (χ3v) is 10.1. The van der Waals surface area contributed by atoms with Crippen molar-refractivity contribution >= 4 is 12.0 Å². The van der Waals surface area contributed by atoms with Gasteiger partial charge in [0.05, 0.1) is 25.2 Å². The highest BCUT2D eigenvalue weighted by Gasteiger charge is 2.56. The molecule has 4 aliphatic heterocycles. The van der Waals surface area contributed by atoms with E-state index in [-0.39, 0.29) is 37.3 Å². The normalized spacial score (nSPS) is 25.4. The molecule has 1 saturated heterocycles. The fourth-order valence-corrected chi connectivity index (χ4v) is 7.94. The molecular weight excluding hydrogens is 560 g/mol. The summed E-state index contributed by atoms with van der Waals surface area (Å²) in [5, 5.41) is 23.7. The smallest absolute Gasteiger partial charge is 0.330 e. The van der Waals surface area contributed by atoms with Gasteiger partial charge >= 0.3 is 5.97 Å². The van der Waals surface area contributed by atoms with Crippen LogP contribution >= 0.6 is 0 Å². The number of phenols is 1. The Morgan fingerprint density at radius 2 is 1.80 bits per heavy atom. The van der Waals surface area contributed by atoms with E-state index in [4.69, 9.17) is 18.9 Å². The van der Waals surface area contributed by atoms with Gasteiger partial charge in [0.2, 0.25) is 6.79 Å². The number of hydrogen-bond acceptors (Lipinski definition) is 9. The Balaban J connectivity index is 1.33. The van der Waals surface area contributed by atoms with Gasteiger partial charge in [-0.05, 0) is 80.1 Å². The molecule has 0 aromatic heterocycles. The molecule has 230 valence electrons. The van der Waals surface area contributed by atoms with Gasteiger partial charge in [-0.25, -0.2) is 4.79 Å². The molecule has 0 radical (unpaired) electrons. The first kappa shape index (κ1) is 28.7. The molecule has 3 aromatic rings. The second-order valence-electron chi connectivity index (χ2n) is 12.3. The van der Waals surface area contributed by atoms with Crippen molar-refractivity contribution in [3.05, 3.63) is 87.0 Å². The number of aliphatic hydroxyl groups excluding tert-OH is 1. The monoisotopic (exact) mass is 598 g/mol. The fourth-order valence-electron chi connectivity index (χ4n) is 7.94. The summed E-state index contributed by atoms with van der Waals surface area (Å²) in [7, 11) is 3.59. The average Bonchev–Trinajstić information content (AvgIpc) is 3.51. The predicted molar refractivity (Wildman–Crippen MR) is 164 cm³/mol. The lowest BCUT2D eigenvalue weighted by molar-refractivity contribution is -0.182. The van der Waals surface area contributed by atoms with E-state index in [0.717, 1.165) is 44.5 Å². The molecule has 7 rings (SSSR count). The summed E-state index contributed by atoms with van der Waals surface area (Å²) in [5.41, 5.74) is 7.69. The van der Waals surface area contributed by atoms with Gasteiger partial charge in [-0.1, -0.05) is 36.4 Å². The Hall–Kier alpha value is -4.05. The molecular formula is C35H38N2O7. The molecule has 5 atom stereocenters. The minimum absolute atomic E-state index is 0.00996. The standard InChI is InChI=1S/C35H38N2O7/c1-18-13-22-14-25-35(40)37-24(30(36(25)4)28(22)31(39)32(18)41-5)15-23-19(2)20(3)33-34(44-17-43-33)29(23)26(37)16-42-27(38)12-11-21-9-7-6-8-10-21/h6-13,24-26,30,35,39-40H,14-17H2,1-5H3/b12-11+/t24-,25-,26-,30-,35-/m0/s1. The summed E-state index contributed by atoms with van der Waals surface area (Å²) in [6.07, 6.45) is 3.45. The van der Waals surface area contributed by atoms with E-state index in [1.54, 1.807) is 13.2 Å². The summed E-state index contributed by atoms with van der Waals surface area (Å²) in [5.74, 6) is 1.50. The minimum atomic E-state index is -0.866. The van der Waals surface area contributed by atoms with Crippen LogP contribution in [-0.4, -0.2) is 71.9 Å². The maximum atomic E-state index is 13.0. The van der Waals surface area contributed by atoms with Gasteiger partial charge in [0.25, 0.3) is 0 Å². The molecule has 2 N–H and O–H groups in total. The average molecular weight is 599 g/mol. The lowest BCUT2D eigenvalue weighted by atomic mass is 9.72. The van der Waals surface area contributed by atoms with Crippen LogP contribution in [0.1, 0.15) is 56.6 Å². The molecule has 0 unspecified atom stereocenters. The van der Waals surface area contributed by atoms with Crippen molar-refractivity contribution in [2.24, 2.45) is 0 Å². The van der Waals surface area contributed by atoms with Crippen molar-refractivity contribution in [3.63, 3.8) is 0 Å². The number of aliphatic hydroxyl groups is 1. The number of rotatable bonds is 5. The quantitative estimate of drug-likeness (QED) is 0.325. The van der Waals surface area contributed by atoms with Crippen molar-refractivity contribution in [2.45, 2.75) is 64.0 Å². The number of phenolic OH excluding ortho intramolecular Hbond substituents is 1. The minimum Gasteiger partial charge on any atom is -0.504 e. The Morgan fingerprint density at radius 3 is 2.55 bits per heavy atom. The summed E-state index contributed by atoms with van der Waals surface area (Å²) < 4.78 is 23.5. The predicted octanol–water partition coefficient (Wildman–Crippen LogP) is 4.51. The van der Waals surface area contributed by atoms with E-state index in [9.17, 15) is 15.0 Å². The first-order valence-corrected chi connectivity index (χ1v) is 15.1. The van der Waals surface area contributed by atoms with Crippen LogP contribution < -0.4 is 14.2 Å². The molecule has 0 saturated carbocycles. The fraction of sp³-hybridized carbons (Fsp3) is 0.400. The van der Waals surface area contributed by atoms with Crippen molar-refractivity contribution in [2.75, 3.05) is 27.6 Å². The van der Waals surface area contributed by atoms with Crippen LogP contribution in [0.15, 0.2) is 42.5 Å². The number of benzene rings is 3. The number of fused-ring (bicyclic) bond motifs is 9. The van der Waals surface area contributed by atoms with Gasteiger partial charge in [-0.3, -0.25) is 9.80 Å². The number of methoxy groups -OCH3 is 1. The lowest BCUT2D eigenvalue weighted by Crippen LogP contribution is -2.68. The third kappa shape index (κ3) is 4.29. The number of piperazine rings is 1. The van der Waals surface area contributed by atoms with E-state index < -0.39 is 18.2 Å². The first-order valence-electron chi connectivity index (χ1n) is 15.1. The molecule has 9 nitrogen and oxygen atoms in total. The first-order chi connectivity index (χ1) is 21.2. The molecule has 0 amide bonds. The SMILES string of the molecule is COc1c(C)cc2c(c1O)[C@@H]1[C@@H]3Cc4c(C)c(C)c5c(c4[C@H](COC(=O)/C=C/c4ccccc4)N3[C@@H](O)[C@H](C2)N1C)OCO5. The lowest BCUT2D eigenvalue weighted by Gasteiger charge is -2.60. The van der Waals surface area contributed by atoms with Gasteiger partial charge in [-0.2, -0.15) is 0 Å². The number of aromatic hydroxyl groups is 1. The molecule has 44 heavy (non-hydrogen) atoms. The van der Waals surface area contributed by atoms with E-state index in [2.05, 4.69) is 22.8 Å². The molecule has 1 fully saturated rings. The topological polar surface area (TPSA) is 101 Å². The number of aryl methyl sites for hydroxylation is 1. The van der Waals surface area contributed by atoms with Crippen LogP contribution in [0.25, 0.3) is 6.08 Å². The highest BCUT2D eigenvalue weighted by Crippen LogP contribution is 2.56. The van der Waals surface area contributed by atoms with Crippen LogP contribution in [0.3, 0.4) is 0 Å². The number of carbonyl (C=O) groups excluding carboxylic acids is 1. The Morgan fingerprint density at radius 1 is 1.05 bits per heavy atom. The molecule has 4 aliphatic rings. The van der Waals surface area contributed by atoms with Crippen molar-refractivity contribution in [3.8, 4) is 23.0 Å². The summed E-state index contributed by atoms with van der Waals surface area (Å²) in [4.78, 5) is 17.3. The highest BCUT2D eigenvalue weighted by molar-refractivity contribution is 5.87. The van der Waals surface area contributed by atoms with Gasteiger partial charge in [0.1, 0.15) is 12.8 Å². The Bertz CT molecular complexity index is 1670. The van der Waals surface area contributed by atoms with E-state index in [1.165, 1.54) is 6.08 Å². The van der Waals surface area contributed by atoms with Crippen molar-refractivity contribution in [1.29, 1.82) is 0 Å². The van der Waals surface area contributed by atoms with Gasteiger partial charge in [-0.15, -0.1) is 0 Å². The zero-order valence-corrected chi connectivity index (χ0v) is 25.7. The number of nitrogens with zero attached hydrogens (tertiary/aromatic N) is 2. The molecule has 9 heteroatoms. The zero-order valence-electron chi connectivity index (χ0n) is 25.7. The number of likely N-dealkylation sites (N-methyl/N-ethyl adjacent to an activating group) is 1. The molecule has 3 aromatic carbocycles. The van der Waals surface area contributed by atoms with Crippen LogP contribution in [0.2, 0.25) is 0 Å². The van der Waals surface area contributed by atoms with Gasteiger partial charge in [0, 0.05) is 23.2 Å². The highest BCUT2D eigenvalue weighted by atomic mass is 16.7. The summed E-state index contributed by atoms with van der Waals surface area (Å²) >= 11 is 0. The van der Waals surface area contributed by atoms with E-state index in [1.807, 2.05) is 51.2 Å². The zero-order chi connectivity index (χ0) is 30.9. The largest absolute Gasteiger partial charge is 0.504 e. The van der Waals surface area contributed by atoms with Crippen molar-refractivity contribution < 1.29 is 34.0 Å². The Kier molecular flexibility index (Phi) is 7.07. The maximum Gasteiger partial charge on any atom is 0.330 e. The van der Waals surface area contributed by atoms with Gasteiger partial charge in [0.15, 0.2) is 23.0 Å². The Labute approximate surface area is 257 Å². The second-order valence-corrected chi connectivity index (χ2v) is 12.3. The van der Waals surface area contributed by atoms with Crippen LogP contribution in [0.5, 0.6) is 23.0 Å². The summed E-state index contributed by atoms with van der Waals surface area (Å²) in [6.45, 7) is 6.17. The van der Waals surface area contributed by atoms with E-state index >= 15 is 0 Å². The van der Waals surface area contributed by atoms with Crippen LogP contribution in [0.4, 0.5) is 0 Å². The summed E-state index contributed by atoms with van der Waals surface area (Å²) in [6, 6.07) is 10.4. The maximum absolute atomic E-state index is 13.0. The van der Waals surface area contributed by atoms with Crippen LogP contribution in [0, 0.1) is 20.8 Å². The van der Waals surface area contributed by atoms with E-state index in [0.29, 0.717) is 30.1 Å². The second kappa shape index (κ2) is 10.8. The molecule has 2 bridgehead atoms.